The molecule has 21 heavy (non-hydrogen) atoms. The minimum absolute atomic E-state index is 0.201. The van der Waals surface area contributed by atoms with Crippen LogP contribution in [0.4, 0.5) is 13.2 Å². The van der Waals surface area contributed by atoms with E-state index in [0.29, 0.717) is 12.0 Å². The maximum absolute atomic E-state index is 12.6. The number of halogens is 3. The Morgan fingerprint density at radius 3 is 2.48 bits per heavy atom. The predicted octanol–water partition coefficient (Wildman–Crippen LogP) is 4.54. The molecule has 1 unspecified atom stereocenters. The van der Waals surface area contributed by atoms with Crippen LogP contribution in [0.3, 0.4) is 0 Å². The predicted molar refractivity (Wildman–Crippen MR) is 74.9 cm³/mol. The molecule has 0 amide bonds. The molecule has 0 aliphatic heterocycles. The third kappa shape index (κ3) is 4.28. The third-order valence-electron chi connectivity index (χ3n) is 3.42. The molecule has 112 valence electrons. The van der Waals surface area contributed by atoms with E-state index in [-0.39, 0.29) is 5.92 Å². The highest BCUT2D eigenvalue weighted by atomic mass is 19.4. The summed E-state index contributed by atoms with van der Waals surface area (Å²) in [5.74, 6) is 0.201. The van der Waals surface area contributed by atoms with Crippen molar-refractivity contribution in [3.63, 3.8) is 0 Å². The smallest absolute Gasteiger partial charge is 0.261 e. The topological polar surface area (TPSA) is 25.8 Å². The molecule has 1 atom stereocenters. The van der Waals surface area contributed by atoms with Crippen molar-refractivity contribution in [2.75, 3.05) is 0 Å². The van der Waals surface area contributed by atoms with E-state index < -0.39 is 11.9 Å². The number of alkyl halides is 3. The van der Waals surface area contributed by atoms with E-state index in [2.05, 4.69) is 9.97 Å². The monoisotopic (exact) mass is 294 g/mol. The van der Waals surface area contributed by atoms with Gasteiger partial charge >= 0.3 is 6.18 Å². The van der Waals surface area contributed by atoms with Crippen LogP contribution in [0.15, 0.2) is 36.7 Å². The van der Waals surface area contributed by atoms with Crippen LogP contribution in [-0.4, -0.2) is 9.97 Å². The average molecular weight is 294 g/mol. The third-order valence-corrected chi connectivity index (χ3v) is 3.42. The van der Waals surface area contributed by atoms with Gasteiger partial charge in [0.15, 0.2) is 0 Å². The quantitative estimate of drug-likeness (QED) is 0.827. The van der Waals surface area contributed by atoms with E-state index in [1.807, 2.05) is 26.0 Å². The summed E-state index contributed by atoms with van der Waals surface area (Å²) >= 11 is 0. The SMILES string of the molecule is Cc1ccnc(C(C)CCc2ccnc(C(F)(F)F)c2)c1. The zero-order valence-corrected chi connectivity index (χ0v) is 12.0. The van der Waals surface area contributed by atoms with Crippen LogP contribution in [-0.2, 0) is 12.6 Å². The van der Waals surface area contributed by atoms with Crippen molar-refractivity contribution >= 4 is 0 Å². The lowest BCUT2D eigenvalue weighted by atomic mass is 9.97. The molecule has 0 radical (unpaired) electrons. The molecular formula is C16H17F3N2. The molecule has 0 saturated carbocycles. The Kier molecular flexibility index (Phi) is 4.60. The van der Waals surface area contributed by atoms with Gasteiger partial charge in [-0.25, -0.2) is 0 Å². The molecule has 2 aromatic heterocycles. The van der Waals surface area contributed by atoms with E-state index in [0.717, 1.165) is 23.7 Å². The Labute approximate surface area is 122 Å². The lowest BCUT2D eigenvalue weighted by molar-refractivity contribution is -0.141. The van der Waals surface area contributed by atoms with Gasteiger partial charge < -0.3 is 0 Å². The summed E-state index contributed by atoms with van der Waals surface area (Å²) < 4.78 is 37.8. The maximum atomic E-state index is 12.6. The number of hydrogen-bond acceptors (Lipinski definition) is 2. The van der Waals surface area contributed by atoms with Gasteiger partial charge in [-0.15, -0.1) is 0 Å². The fourth-order valence-electron chi connectivity index (χ4n) is 2.14. The largest absolute Gasteiger partial charge is 0.433 e. The van der Waals surface area contributed by atoms with Gasteiger partial charge in [0.1, 0.15) is 5.69 Å². The number of aryl methyl sites for hydroxylation is 2. The van der Waals surface area contributed by atoms with Crippen molar-refractivity contribution in [1.29, 1.82) is 0 Å². The van der Waals surface area contributed by atoms with Crippen molar-refractivity contribution in [2.45, 2.75) is 38.8 Å². The minimum atomic E-state index is -4.39. The van der Waals surface area contributed by atoms with Gasteiger partial charge in [0.25, 0.3) is 0 Å². The lowest BCUT2D eigenvalue weighted by Gasteiger charge is -2.12. The van der Waals surface area contributed by atoms with E-state index in [9.17, 15) is 13.2 Å². The van der Waals surface area contributed by atoms with E-state index in [4.69, 9.17) is 0 Å². The number of aromatic nitrogens is 2. The molecule has 2 aromatic rings. The first-order valence-electron chi connectivity index (χ1n) is 6.81. The summed E-state index contributed by atoms with van der Waals surface area (Å²) in [6.45, 7) is 4.03. The second-order valence-corrected chi connectivity index (χ2v) is 5.24. The molecular weight excluding hydrogens is 277 g/mol. The molecule has 0 aliphatic carbocycles. The van der Waals surface area contributed by atoms with Crippen molar-refractivity contribution < 1.29 is 13.2 Å². The van der Waals surface area contributed by atoms with Crippen molar-refractivity contribution in [3.05, 3.63) is 59.2 Å². The van der Waals surface area contributed by atoms with Crippen LogP contribution in [0.25, 0.3) is 0 Å². The second kappa shape index (κ2) is 6.24. The highest BCUT2D eigenvalue weighted by Crippen LogP contribution is 2.28. The molecule has 0 N–H and O–H groups in total. The Morgan fingerprint density at radius 2 is 1.81 bits per heavy atom. The normalized spacial score (nSPS) is 13.2. The van der Waals surface area contributed by atoms with E-state index in [1.165, 1.54) is 6.20 Å². The van der Waals surface area contributed by atoms with Gasteiger partial charge in [-0.2, -0.15) is 13.2 Å². The summed E-state index contributed by atoms with van der Waals surface area (Å²) in [6.07, 6.45) is -0.0943. The highest BCUT2D eigenvalue weighted by Gasteiger charge is 2.32. The van der Waals surface area contributed by atoms with E-state index in [1.54, 1.807) is 12.3 Å². The Morgan fingerprint density at radius 1 is 1.10 bits per heavy atom. The lowest BCUT2D eigenvalue weighted by Crippen LogP contribution is -2.08. The molecule has 0 aliphatic rings. The van der Waals surface area contributed by atoms with E-state index >= 15 is 0 Å². The van der Waals surface area contributed by atoms with Crippen LogP contribution in [0.1, 0.15) is 41.8 Å². The average Bonchev–Trinajstić information content (AvgIpc) is 2.44. The molecule has 0 bridgehead atoms. The zero-order valence-electron chi connectivity index (χ0n) is 12.0. The standard InChI is InChI=1S/C16H17F3N2/c1-11-5-7-20-14(9-11)12(2)3-4-13-6-8-21-15(10-13)16(17,18)19/h5-10,12H,3-4H2,1-2H3. The zero-order chi connectivity index (χ0) is 15.5. The molecule has 0 spiro atoms. The summed E-state index contributed by atoms with van der Waals surface area (Å²) in [5.41, 5.74) is 1.92. The fraction of sp³-hybridized carbons (Fsp3) is 0.375. The van der Waals surface area contributed by atoms with Crippen molar-refractivity contribution in [2.24, 2.45) is 0 Å². The first kappa shape index (κ1) is 15.5. The molecule has 2 heterocycles. The fourth-order valence-corrected chi connectivity index (χ4v) is 2.14. The van der Waals surface area contributed by atoms with Crippen LogP contribution in [0, 0.1) is 6.92 Å². The van der Waals surface area contributed by atoms with Crippen molar-refractivity contribution in [3.8, 4) is 0 Å². The minimum Gasteiger partial charge on any atom is -0.261 e. The molecule has 0 fully saturated rings. The first-order valence-corrected chi connectivity index (χ1v) is 6.81. The second-order valence-electron chi connectivity index (χ2n) is 5.24. The van der Waals surface area contributed by atoms with Crippen molar-refractivity contribution in [1.82, 2.24) is 9.97 Å². The Bertz CT molecular complexity index is 608. The first-order chi connectivity index (χ1) is 9.86. The number of hydrogen-bond donors (Lipinski definition) is 0. The van der Waals surface area contributed by atoms with Gasteiger partial charge in [0.2, 0.25) is 0 Å². The molecule has 5 heteroatoms. The highest BCUT2D eigenvalue weighted by molar-refractivity contribution is 5.20. The van der Waals surface area contributed by atoms with Gasteiger partial charge in [-0.05, 0) is 61.1 Å². The van der Waals surface area contributed by atoms with Crippen LogP contribution in [0.2, 0.25) is 0 Å². The van der Waals surface area contributed by atoms with Gasteiger partial charge in [-0.1, -0.05) is 6.92 Å². The molecule has 2 rings (SSSR count). The Hall–Kier alpha value is -1.91. The number of rotatable bonds is 4. The van der Waals surface area contributed by atoms with Crippen LogP contribution < -0.4 is 0 Å². The summed E-state index contributed by atoms with van der Waals surface area (Å²) in [4.78, 5) is 7.69. The molecule has 0 aromatic carbocycles. The summed E-state index contributed by atoms with van der Waals surface area (Å²) in [6, 6.07) is 6.69. The number of pyridine rings is 2. The molecule has 0 saturated heterocycles. The maximum Gasteiger partial charge on any atom is 0.433 e. The molecule has 2 nitrogen and oxygen atoms in total. The van der Waals surface area contributed by atoms with Gasteiger partial charge in [0.05, 0.1) is 0 Å². The Balaban J connectivity index is 2.03. The van der Waals surface area contributed by atoms with Gasteiger partial charge in [0, 0.05) is 18.1 Å². The summed E-state index contributed by atoms with van der Waals surface area (Å²) in [7, 11) is 0. The van der Waals surface area contributed by atoms with Crippen LogP contribution >= 0.6 is 0 Å². The number of nitrogens with zero attached hydrogens (tertiary/aromatic N) is 2. The van der Waals surface area contributed by atoms with Gasteiger partial charge in [-0.3, -0.25) is 9.97 Å². The summed E-state index contributed by atoms with van der Waals surface area (Å²) in [5, 5.41) is 0. The van der Waals surface area contributed by atoms with Crippen LogP contribution in [0.5, 0.6) is 0 Å².